The molecule has 0 bridgehead atoms. The molecule has 0 amide bonds. The Morgan fingerprint density at radius 3 is 2.00 bits per heavy atom. The van der Waals surface area contributed by atoms with E-state index in [0.717, 1.165) is 24.6 Å². The summed E-state index contributed by atoms with van der Waals surface area (Å²) in [5.41, 5.74) is 2.38. The molecule has 0 atom stereocenters. The van der Waals surface area contributed by atoms with Crippen molar-refractivity contribution in [2.45, 2.75) is 48.1 Å². The van der Waals surface area contributed by atoms with Crippen molar-refractivity contribution < 1.29 is 9.47 Å². The highest BCUT2D eigenvalue weighted by atomic mass is 16.5. The van der Waals surface area contributed by atoms with E-state index in [1.54, 1.807) is 14.2 Å². The van der Waals surface area contributed by atoms with Gasteiger partial charge in [-0.05, 0) is 30.7 Å². The van der Waals surface area contributed by atoms with Crippen LogP contribution >= 0.6 is 0 Å². The summed E-state index contributed by atoms with van der Waals surface area (Å²) in [5.74, 6) is 1.72. The Balaban J connectivity index is 0. The standard InChI is InChI=1S/C12H19NO2.2C2H6/c1-5-13-8-10-6-11(14-3)7-12(15-4)9(10)2;2*1-2/h6-7,13H,5,8H2,1-4H3;2*1-2H3. The van der Waals surface area contributed by atoms with E-state index >= 15 is 0 Å². The lowest BCUT2D eigenvalue weighted by Gasteiger charge is -2.13. The molecule has 0 heterocycles. The van der Waals surface area contributed by atoms with Gasteiger partial charge in [-0.1, -0.05) is 34.6 Å². The molecular weight excluding hydrogens is 238 g/mol. The van der Waals surface area contributed by atoms with E-state index in [1.807, 2.05) is 39.8 Å². The number of nitrogens with one attached hydrogen (secondary N) is 1. The normalized spacial score (nSPS) is 8.63. The molecular formula is C16H31NO2. The van der Waals surface area contributed by atoms with Crippen LogP contribution in [-0.4, -0.2) is 20.8 Å². The monoisotopic (exact) mass is 269 g/mol. The highest BCUT2D eigenvalue weighted by Crippen LogP contribution is 2.27. The second-order valence-electron chi connectivity index (χ2n) is 3.39. The Labute approximate surface area is 119 Å². The molecule has 0 radical (unpaired) electrons. The SMILES string of the molecule is CC.CC.CCNCc1cc(OC)cc(OC)c1C. The second-order valence-corrected chi connectivity index (χ2v) is 3.39. The molecule has 112 valence electrons. The lowest BCUT2D eigenvalue weighted by molar-refractivity contribution is 0.391. The van der Waals surface area contributed by atoms with Crippen LogP contribution in [0, 0.1) is 6.92 Å². The number of rotatable bonds is 5. The number of methoxy groups -OCH3 is 2. The Morgan fingerprint density at radius 2 is 1.58 bits per heavy atom. The van der Waals surface area contributed by atoms with Crippen LogP contribution in [0.3, 0.4) is 0 Å². The fourth-order valence-electron chi connectivity index (χ4n) is 1.49. The summed E-state index contributed by atoms with van der Waals surface area (Å²) >= 11 is 0. The minimum absolute atomic E-state index is 0.838. The first-order valence-electron chi connectivity index (χ1n) is 7.15. The molecule has 3 heteroatoms. The molecule has 1 aromatic carbocycles. The molecule has 0 aliphatic heterocycles. The molecule has 0 saturated heterocycles. The van der Waals surface area contributed by atoms with Gasteiger partial charge < -0.3 is 14.8 Å². The van der Waals surface area contributed by atoms with Gasteiger partial charge in [0.05, 0.1) is 14.2 Å². The van der Waals surface area contributed by atoms with Gasteiger partial charge >= 0.3 is 0 Å². The van der Waals surface area contributed by atoms with Crippen molar-refractivity contribution in [3.05, 3.63) is 23.3 Å². The molecule has 0 aliphatic carbocycles. The van der Waals surface area contributed by atoms with Crippen molar-refractivity contribution in [2.75, 3.05) is 20.8 Å². The van der Waals surface area contributed by atoms with Crippen molar-refractivity contribution in [1.29, 1.82) is 0 Å². The van der Waals surface area contributed by atoms with Gasteiger partial charge in [0.2, 0.25) is 0 Å². The van der Waals surface area contributed by atoms with E-state index < -0.39 is 0 Å². The van der Waals surface area contributed by atoms with E-state index in [-0.39, 0.29) is 0 Å². The third-order valence-electron chi connectivity index (χ3n) is 2.46. The zero-order valence-electron chi connectivity index (χ0n) is 13.9. The van der Waals surface area contributed by atoms with Crippen LogP contribution in [0.5, 0.6) is 11.5 Å². The van der Waals surface area contributed by atoms with E-state index in [4.69, 9.17) is 9.47 Å². The van der Waals surface area contributed by atoms with E-state index in [9.17, 15) is 0 Å². The number of benzene rings is 1. The Kier molecular flexibility index (Phi) is 14.0. The summed E-state index contributed by atoms with van der Waals surface area (Å²) in [6.45, 7) is 14.0. The van der Waals surface area contributed by atoms with Crippen LogP contribution in [-0.2, 0) is 6.54 Å². The molecule has 19 heavy (non-hydrogen) atoms. The van der Waals surface area contributed by atoms with E-state index in [2.05, 4.69) is 19.2 Å². The first-order valence-corrected chi connectivity index (χ1v) is 7.15. The minimum atomic E-state index is 0.838. The van der Waals surface area contributed by atoms with Crippen LogP contribution in [0.1, 0.15) is 45.7 Å². The van der Waals surface area contributed by atoms with Gasteiger partial charge in [0, 0.05) is 12.6 Å². The first-order chi connectivity index (χ1) is 9.22. The van der Waals surface area contributed by atoms with Gasteiger partial charge in [-0.2, -0.15) is 0 Å². The van der Waals surface area contributed by atoms with Gasteiger partial charge in [-0.25, -0.2) is 0 Å². The quantitative estimate of drug-likeness (QED) is 0.870. The summed E-state index contributed by atoms with van der Waals surface area (Å²) in [7, 11) is 3.35. The predicted octanol–water partition coefficient (Wildman–Crippen LogP) is 4.17. The van der Waals surface area contributed by atoms with Crippen LogP contribution in [0.2, 0.25) is 0 Å². The maximum absolute atomic E-state index is 5.30. The van der Waals surface area contributed by atoms with Crippen molar-refractivity contribution >= 4 is 0 Å². The minimum Gasteiger partial charge on any atom is -0.497 e. The molecule has 3 nitrogen and oxygen atoms in total. The first kappa shape index (κ1) is 20.1. The molecule has 0 aromatic heterocycles. The van der Waals surface area contributed by atoms with Gasteiger partial charge in [-0.15, -0.1) is 0 Å². The van der Waals surface area contributed by atoms with Crippen molar-refractivity contribution in [1.82, 2.24) is 5.32 Å². The molecule has 1 rings (SSSR count). The Morgan fingerprint density at radius 1 is 1.00 bits per heavy atom. The Hall–Kier alpha value is -1.22. The lowest BCUT2D eigenvalue weighted by Crippen LogP contribution is -2.13. The molecule has 1 aromatic rings. The highest BCUT2D eigenvalue weighted by Gasteiger charge is 2.07. The molecule has 0 saturated carbocycles. The fourth-order valence-corrected chi connectivity index (χ4v) is 1.49. The number of hydrogen-bond donors (Lipinski definition) is 1. The predicted molar refractivity (Wildman–Crippen MR) is 84.4 cm³/mol. The van der Waals surface area contributed by atoms with Crippen molar-refractivity contribution in [3.63, 3.8) is 0 Å². The number of ether oxygens (including phenoxy) is 2. The highest BCUT2D eigenvalue weighted by molar-refractivity contribution is 5.45. The van der Waals surface area contributed by atoms with Crippen LogP contribution in [0.15, 0.2) is 12.1 Å². The largest absolute Gasteiger partial charge is 0.497 e. The fraction of sp³-hybridized carbons (Fsp3) is 0.625. The number of hydrogen-bond acceptors (Lipinski definition) is 3. The summed E-state index contributed by atoms with van der Waals surface area (Å²) < 4.78 is 10.5. The zero-order valence-corrected chi connectivity index (χ0v) is 13.9. The van der Waals surface area contributed by atoms with Gasteiger partial charge in [0.15, 0.2) is 0 Å². The molecule has 1 N–H and O–H groups in total. The average Bonchev–Trinajstić information content (AvgIpc) is 2.50. The van der Waals surface area contributed by atoms with E-state index in [0.29, 0.717) is 0 Å². The average molecular weight is 269 g/mol. The molecule has 0 spiro atoms. The maximum Gasteiger partial charge on any atom is 0.125 e. The summed E-state index contributed by atoms with van der Waals surface area (Å²) in [4.78, 5) is 0. The van der Waals surface area contributed by atoms with Crippen LogP contribution < -0.4 is 14.8 Å². The summed E-state index contributed by atoms with van der Waals surface area (Å²) in [5, 5.41) is 3.30. The van der Waals surface area contributed by atoms with Crippen LogP contribution in [0.25, 0.3) is 0 Å². The second kappa shape index (κ2) is 13.2. The van der Waals surface area contributed by atoms with Gasteiger partial charge in [0.25, 0.3) is 0 Å². The third kappa shape index (κ3) is 7.06. The molecule has 0 unspecified atom stereocenters. The summed E-state index contributed by atoms with van der Waals surface area (Å²) in [6, 6.07) is 3.95. The van der Waals surface area contributed by atoms with Crippen molar-refractivity contribution in [2.24, 2.45) is 0 Å². The summed E-state index contributed by atoms with van der Waals surface area (Å²) in [6.07, 6.45) is 0. The zero-order chi connectivity index (χ0) is 15.3. The smallest absolute Gasteiger partial charge is 0.125 e. The van der Waals surface area contributed by atoms with Crippen molar-refractivity contribution in [3.8, 4) is 11.5 Å². The maximum atomic E-state index is 5.30. The molecule has 0 fully saturated rings. The topological polar surface area (TPSA) is 30.5 Å². The molecule has 0 aliphatic rings. The van der Waals surface area contributed by atoms with Crippen LogP contribution in [0.4, 0.5) is 0 Å². The Bertz CT molecular complexity index is 325. The lowest BCUT2D eigenvalue weighted by atomic mass is 10.1. The van der Waals surface area contributed by atoms with Gasteiger partial charge in [-0.3, -0.25) is 0 Å². The van der Waals surface area contributed by atoms with E-state index in [1.165, 1.54) is 11.1 Å². The third-order valence-corrected chi connectivity index (χ3v) is 2.46. The van der Waals surface area contributed by atoms with Gasteiger partial charge in [0.1, 0.15) is 11.5 Å².